The number of esters is 1. The van der Waals surface area contributed by atoms with Crippen molar-refractivity contribution in [3.63, 3.8) is 0 Å². The highest BCUT2D eigenvalue weighted by Crippen LogP contribution is 2.40. The van der Waals surface area contributed by atoms with E-state index in [2.05, 4.69) is 6.92 Å². The molecule has 0 aliphatic carbocycles. The maximum Gasteiger partial charge on any atom is 0.330 e. The molecule has 6 atom stereocenters. The van der Waals surface area contributed by atoms with E-state index >= 15 is 0 Å². The standard InChI is InChI=1S/C14H16O4/c1-8-10-4-2-3-5-11(17-10)13(8)14-9(15)6-7-12(16)18-14/h2-11,13-15H,1H3/t8-,9+,10+,11-,13+,14+/m0/s1. The molecule has 0 spiro atoms. The molecule has 18 heavy (non-hydrogen) atoms. The number of hydrogen-bond donors (Lipinski definition) is 1. The molecule has 4 nitrogen and oxygen atoms in total. The molecule has 0 unspecified atom stereocenters. The third-order valence-electron chi connectivity index (χ3n) is 3.93. The highest BCUT2D eigenvalue weighted by Gasteiger charge is 2.48. The molecule has 3 heterocycles. The number of allylic oxidation sites excluding steroid dienone is 2. The lowest BCUT2D eigenvalue weighted by molar-refractivity contribution is -0.155. The lowest BCUT2D eigenvalue weighted by atomic mass is 9.80. The van der Waals surface area contributed by atoms with Gasteiger partial charge in [0, 0.05) is 12.0 Å². The number of carbonyl (C=O) groups excluding carboxylic acids is 1. The minimum Gasteiger partial charge on any atom is -0.456 e. The van der Waals surface area contributed by atoms with Crippen molar-refractivity contribution in [3.05, 3.63) is 36.5 Å². The van der Waals surface area contributed by atoms with Gasteiger partial charge in [0.2, 0.25) is 0 Å². The second-order valence-electron chi connectivity index (χ2n) is 5.02. The Morgan fingerprint density at radius 2 is 1.89 bits per heavy atom. The lowest BCUT2D eigenvalue weighted by Crippen LogP contribution is -2.44. The Morgan fingerprint density at radius 1 is 1.17 bits per heavy atom. The largest absolute Gasteiger partial charge is 0.456 e. The average molecular weight is 248 g/mol. The zero-order chi connectivity index (χ0) is 12.7. The number of ether oxygens (including phenoxy) is 2. The monoisotopic (exact) mass is 248 g/mol. The molecule has 3 aliphatic heterocycles. The zero-order valence-corrected chi connectivity index (χ0v) is 10.1. The lowest BCUT2D eigenvalue weighted by Gasteiger charge is -2.32. The summed E-state index contributed by atoms with van der Waals surface area (Å²) in [4.78, 5) is 11.3. The summed E-state index contributed by atoms with van der Waals surface area (Å²) in [5, 5.41) is 9.99. The van der Waals surface area contributed by atoms with Gasteiger partial charge in [-0.15, -0.1) is 0 Å². The summed E-state index contributed by atoms with van der Waals surface area (Å²) in [7, 11) is 0. The Labute approximate surface area is 106 Å². The van der Waals surface area contributed by atoms with Crippen LogP contribution in [0.4, 0.5) is 0 Å². The van der Waals surface area contributed by atoms with Crippen LogP contribution in [-0.2, 0) is 14.3 Å². The maximum absolute atomic E-state index is 11.3. The van der Waals surface area contributed by atoms with Gasteiger partial charge in [0.1, 0.15) is 12.2 Å². The van der Waals surface area contributed by atoms with E-state index in [0.717, 1.165) is 0 Å². The summed E-state index contributed by atoms with van der Waals surface area (Å²) in [5.74, 6) is -0.202. The average Bonchev–Trinajstić information content (AvgIpc) is 2.54. The van der Waals surface area contributed by atoms with Crippen molar-refractivity contribution in [2.75, 3.05) is 0 Å². The van der Waals surface area contributed by atoms with Gasteiger partial charge < -0.3 is 14.6 Å². The second-order valence-corrected chi connectivity index (χ2v) is 5.02. The van der Waals surface area contributed by atoms with E-state index in [1.165, 1.54) is 12.2 Å². The fourth-order valence-corrected chi connectivity index (χ4v) is 2.98. The SMILES string of the molecule is C[C@@H]1[C@@H]([C@@H]2OC(=O)C=C[C@H]2O)[C@@H]2C=CC=C[C@H]1O2. The van der Waals surface area contributed by atoms with Crippen molar-refractivity contribution >= 4 is 5.97 Å². The minimum atomic E-state index is -0.753. The third kappa shape index (κ3) is 1.82. The highest BCUT2D eigenvalue weighted by atomic mass is 16.6. The number of rotatable bonds is 1. The number of aliphatic hydroxyl groups is 1. The Balaban J connectivity index is 1.88. The number of aliphatic hydroxyl groups excluding tert-OH is 1. The molecule has 0 saturated carbocycles. The van der Waals surface area contributed by atoms with Crippen molar-refractivity contribution in [2.24, 2.45) is 11.8 Å². The van der Waals surface area contributed by atoms with Crippen LogP contribution >= 0.6 is 0 Å². The summed E-state index contributed by atoms with van der Waals surface area (Å²) < 4.78 is 11.2. The topological polar surface area (TPSA) is 55.8 Å². The molecule has 0 amide bonds. The van der Waals surface area contributed by atoms with Gasteiger partial charge in [0.05, 0.1) is 12.2 Å². The van der Waals surface area contributed by atoms with Crippen LogP contribution in [0, 0.1) is 11.8 Å². The van der Waals surface area contributed by atoms with Crippen LogP contribution in [0.25, 0.3) is 0 Å². The summed E-state index contributed by atoms with van der Waals surface area (Å²) in [6.07, 6.45) is 9.29. The summed E-state index contributed by atoms with van der Waals surface area (Å²) >= 11 is 0. The third-order valence-corrected chi connectivity index (χ3v) is 3.93. The van der Waals surface area contributed by atoms with Crippen molar-refractivity contribution in [3.8, 4) is 0 Å². The summed E-state index contributed by atoms with van der Waals surface area (Å²) in [6, 6.07) is 0. The first-order valence-electron chi connectivity index (χ1n) is 6.24. The molecule has 1 N–H and O–H groups in total. The van der Waals surface area contributed by atoms with Gasteiger partial charge >= 0.3 is 5.97 Å². The molecule has 2 bridgehead atoms. The van der Waals surface area contributed by atoms with Crippen molar-refractivity contribution in [2.45, 2.75) is 31.3 Å². The molecule has 1 fully saturated rings. The molecule has 0 aromatic heterocycles. The molecule has 4 heteroatoms. The van der Waals surface area contributed by atoms with Crippen LogP contribution in [-0.4, -0.2) is 35.5 Å². The first kappa shape index (κ1) is 11.7. The van der Waals surface area contributed by atoms with Crippen LogP contribution in [0.5, 0.6) is 0 Å². The smallest absolute Gasteiger partial charge is 0.330 e. The Hall–Kier alpha value is -1.39. The van der Waals surface area contributed by atoms with Crippen molar-refractivity contribution in [1.82, 2.24) is 0 Å². The van der Waals surface area contributed by atoms with E-state index in [1.54, 1.807) is 0 Å². The van der Waals surface area contributed by atoms with Gasteiger partial charge in [-0.2, -0.15) is 0 Å². The fourth-order valence-electron chi connectivity index (χ4n) is 2.98. The van der Waals surface area contributed by atoms with Crippen LogP contribution in [0.2, 0.25) is 0 Å². The van der Waals surface area contributed by atoms with Gasteiger partial charge in [-0.1, -0.05) is 31.2 Å². The Morgan fingerprint density at radius 3 is 2.67 bits per heavy atom. The molecule has 0 aromatic carbocycles. The summed E-state index contributed by atoms with van der Waals surface area (Å²) in [6.45, 7) is 2.07. The Kier molecular flexibility index (Phi) is 2.84. The van der Waals surface area contributed by atoms with Crippen LogP contribution in [0.15, 0.2) is 36.5 Å². The van der Waals surface area contributed by atoms with E-state index in [1.807, 2.05) is 24.3 Å². The molecular formula is C14H16O4. The van der Waals surface area contributed by atoms with Crippen LogP contribution in [0.1, 0.15) is 6.92 Å². The zero-order valence-electron chi connectivity index (χ0n) is 10.1. The van der Waals surface area contributed by atoms with E-state index in [-0.39, 0.29) is 24.0 Å². The molecule has 1 saturated heterocycles. The van der Waals surface area contributed by atoms with E-state index in [4.69, 9.17) is 9.47 Å². The normalized spacial score (nSPS) is 46.0. The van der Waals surface area contributed by atoms with E-state index in [0.29, 0.717) is 0 Å². The first-order chi connectivity index (χ1) is 8.66. The van der Waals surface area contributed by atoms with Gasteiger partial charge in [0.25, 0.3) is 0 Å². The van der Waals surface area contributed by atoms with Crippen molar-refractivity contribution in [1.29, 1.82) is 0 Å². The second kappa shape index (κ2) is 4.37. The molecular weight excluding hydrogens is 232 g/mol. The first-order valence-corrected chi connectivity index (χ1v) is 6.24. The van der Waals surface area contributed by atoms with Crippen molar-refractivity contribution < 1.29 is 19.4 Å². The van der Waals surface area contributed by atoms with Crippen LogP contribution < -0.4 is 0 Å². The molecule has 3 rings (SSSR count). The molecule has 96 valence electrons. The van der Waals surface area contributed by atoms with Gasteiger partial charge in [0.15, 0.2) is 0 Å². The maximum atomic E-state index is 11.3. The van der Waals surface area contributed by atoms with Gasteiger partial charge in [-0.3, -0.25) is 0 Å². The highest BCUT2D eigenvalue weighted by molar-refractivity contribution is 5.83. The summed E-state index contributed by atoms with van der Waals surface area (Å²) in [5.41, 5.74) is 0. The molecule has 3 aliphatic rings. The fraction of sp³-hybridized carbons (Fsp3) is 0.500. The van der Waals surface area contributed by atoms with Crippen LogP contribution in [0.3, 0.4) is 0 Å². The molecule has 0 radical (unpaired) electrons. The minimum absolute atomic E-state index is 0.0138. The van der Waals surface area contributed by atoms with Gasteiger partial charge in [-0.05, 0) is 12.0 Å². The predicted octanol–water partition coefficient (Wildman–Crippen LogP) is 0.975. The number of fused-ring (bicyclic) bond motifs is 2. The van der Waals surface area contributed by atoms with E-state index < -0.39 is 18.2 Å². The molecule has 0 aromatic rings. The van der Waals surface area contributed by atoms with E-state index in [9.17, 15) is 9.90 Å². The van der Waals surface area contributed by atoms with Gasteiger partial charge in [-0.25, -0.2) is 4.79 Å². The quantitative estimate of drug-likeness (QED) is 0.703. The number of hydrogen-bond acceptors (Lipinski definition) is 4. The number of cyclic esters (lactones) is 1. The number of carbonyl (C=O) groups is 1. The predicted molar refractivity (Wildman–Crippen MR) is 64.6 cm³/mol. The Bertz CT molecular complexity index is 437.